The molecule has 0 saturated carbocycles. The zero-order valence-electron chi connectivity index (χ0n) is 12.7. The molecule has 1 aromatic heterocycles. The molecule has 0 aliphatic rings. The summed E-state index contributed by atoms with van der Waals surface area (Å²) < 4.78 is 0. The van der Waals surface area contributed by atoms with Crippen molar-refractivity contribution in [3.63, 3.8) is 0 Å². The Bertz CT molecular complexity index is 562. The first kappa shape index (κ1) is 14.5. The van der Waals surface area contributed by atoms with Crippen LogP contribution in [0.4, 0.5) is 0 Å². The van der Waals surface area contributed by atoms with Crippen LogP contribution in [0.3, 0.4) is 0 Å². The summed E-state index contributed by atoms with van der Waals surface area (Å²) in [5, 5.41) is 0. The van der Waals surface area contributed by atoms with Crippen molar-refractivity contribution in [1.29, 1.82) is 0 Å². The fourth-order valence-corrected chi connectivity index (χ4v) is 2.60. The Hall–Kier alpha value is -1.89. The first-order valence-corrected chi connectivity index (χ1v) is 7.40. The maximum atomic E-state index is 4.44. The molecule has 2 rings (SSSR count). The van der Waals surface area contributed by atoms with E-state index >= 15 is 0 Å². The Morgan fingerprint density at radius 3 is 2.40 bits per heavy atom. The summed E-state index contributed by atoms with van der Waals surface area (Å²) in [6, 6.07) is 12.6. The molecular formula is C19H23N. The van der Waals surface area contributed by atoms with Gasteiger partial charge in [0.25, 0.3) is 0 Å². The minimum absolute atomic E-state index is 1.04. The second-order valence-corrected chi connectivity index (χ2v) is 5.29. The molecule has 0 fully saturated rings. The van der Waals surface area contributed by atoms with Crippen LogP contribution in [-0.2, 0) is 0 Å². The number of benzene rings is 1. The van der Waals surface area contributed by atoms with Crippen molar-refractivity contribution < 1.29 is 0 Å². The molecule has 104 valence electrons. The first-order valence-electron chi connectivity index (χ1n) is 7.40. The molecule has 1 aromatic carbocycles. The van der Waals surface area contributed by atoms with Crippen LogP contribution in [0.25, 0.3) is 11.6 Å². The molecule has 0 bridgehead atoms. The summed E-state index contributed by atoms with van der Waals surface area (Å²) in [7, 11) is 0. The summed E-state index contributed by atoms with van der Waals surface area (Å²) in [6.45, 7) is 6.63. The van der Waals surface area contributed by atoms with E-state index in [-0.39, 0.29) is 0 Å². The number of aryl methyl sites for hydroxylation is 2. The highest BCUT2D eigenvalue weighted by atomic mass is 14.6. The summed E-state index contributed by atoms with van der Waals surface area (Å²) in [5.74, 6) is 0. The molecule has 0 aliphatic heterocycles. The van der Waals surface area contributed by atoms with Gasteiger partial charge in [0.05, 0.1) is 5.69 Å². The standard InChI is InChI=1S/C19H23N/c1-4-5-11-17(14-18-12-6-7-13-20-18)19-15(2)9-8-10-16(19)3/h6-10,12-14H,4-5,11H2,1-3H3/b17-14+. The van der Waals surface area contributed by atoms with Gasteiger partial charge in [-0.1, -0.05) is 37.6 Å². The second-order valence-electron chi connectivity index (χ2n) is 5.29. The number of allylic oxidation sites excluding steroid dienone is 1. The second kappa shape index (κ2) is 7.04. The minimum Gasteiger partial charge on any atom is -0.257 e. The van der Waals surface area contributed by atoms with E-state index in [4.69, 9.17) is 0 Å². The normalized spacial score (nSPS) is 11.7. The van der Waals surface area contributed by atoms with E-state index in [1.807, 2.05) is 18.3 Å². The van der Waals surface area contributed by atoms with E-state index in [1.165, 1.54) is 35.1 Å². The van der Waals surface area contributed by atoms with E-state index in [9.17, 15) is 0 Å². The SMILES string of the molecule is CCCC/C(=C\c1ccccn1)c1c(C)cccc1C. The number of hydrogen-bond donors (Lipinski definition) is 0. The number of aromatic nitrogens is 1. The van der Waals surface area contributed by atoms with Crippen molar-refractivity contribution >= 4 is 11.6 Å². The highest BCUT2D eigenvalue weighted by Gasteiger charge is 2.08. The van der Waals surface area contributed by atoms with Crippen LogP contribution in [0.5, 0.6) is 0 Å². The number of hydrogen-bond acceptors (Lipinski definition) is 1. The predicted octanol–water partition coefficient (Wildman–Crippen LogP) is 5.43. The number of rotatable bonds is 5. The van der Waals surface area contributed by atoms with Crippen molar-refractivity contribution in [2.45, 2.75) is 40.0 Å². The lowest BCUT2D eigenvalue weighted by Gasteiger charge is -2.14. The third kappa shape index (κ3) is 3.57. The third-order valence-corrected chi connectivity index (χ3v) is 3.61. The van der Waals surface area contributed by atoms with Crippen LogP contribution in [-0.4, -0.2) is 4.98 Å². The molecule has 0 N–H and O–H groups in total. The van der Waals surface area contributed by atoms with Crippen LogP contribution in [0.15, 0.2) is 42.6 Å². The molecule has 0 aliphatic carbocycles. The quantitative estimate of drug-likeness (QED) is 0.702. The molecule has 0 unspecified atom stereocenters. The average molecular weight is 265 g/mol. The summed E-state index contributed by atoms with van der Waals surface area (Å²) in [4.78, 5) is 4.44. The molecule has 0 spiro atoms. The van der Waals surface area contributed by atoms with Crippen molar-refractivity contribution in [2.24, 2.45) is 0 Å². The minimum atomic E-state index is 1.04. The van der Waals surface area contributed by atoms with Gasteiger partial charge in [0.1, 0.15) is 0 Å². The van der Waals surface area contributed by atoms with Crippen LogP contribution < -0.4 is 0 Å². The molecule has 1 nitrogen and oxygen atoms in total. The third-order valence-electron chi connectivity index (χ3n) is 3.61. The zero-order valence-corrected chi connectivity index (χ0v) is 12.7. The van der Waals surface area contributed by atoms with Gasteiger partial charge in [-0.2, -0.15) is 0 Å². The molecular weight excluding hydrogens is 242 g/mol. The molecule has 0 atom stereocenters. The summed E-state index contributed by atoms with van der Waals surface area (Å²) in [6.07, 6.45) is 7.63. The highest BCUT2D eigenvalue weighted by molar-refractivity contribution is 5.83. The lowest BCUT2D eigenvalue weighted by molar-refractivity contribution is 0.824. The van der Waals surface area contributed by atoms with E-state index in [0.29, 0.717) is 0 Å². The fraction of sp³-hybridized carbons (Fsp3) is 0.316. The summed E-state index contributed by atoms with van der Waals surface area (Å²) in [5.41, 5.74) is 6.54. The average Bonchev–Trinajstić information content (AvgIpc) is 2.45. The topological polar surface area (TPSA) is 12.9 Å². The molecule has 0 radical (unpaired) electrons. The van der Waals surface area contributed by atoms with Gasteiger partial charge < -0.3 is 0 Å². The number of pyridine rings is 1. The van der Waals surface area contributed by atoms with Gasteiger partial charge in [-0.3, -0.25) is 4.98 Å². The van der Waals surface area contributed by atoms with Gasteiger partial charge in [-0.25, -0.2) is 0 Å². The maximum absolute atomic E-state index is 4.44. The van der Waals surface area contributed by atoms with Gasteiger partial charge in [0.15, 0.2) is 0 Å². The van der Waals surface area contributed by atoms with Crippen LogP contribution >= 0.6 is 0 Å². The smallest absolute Gasteiger partial charge is 0.0632 e. The molecule has 0 amide bonds. The van der Waals surface area contributed by atoms with Gasteiger partial charge >= 0.3 is 0 Å². The molecule has 20 heavy (non-hydrogen) atoms. The number of unbranched alkanes of at least 4 members (excludes halogenated alkanes) is 1. The highest BCUT2D eigenvalue weighted by Crippen LogP contribution is 2.28. The zero-order chi connectivity index (χ0) is 14.4. The van der Waals surface area contributed by atoms with Crippen molar-refractivity contribution in [2.75, 3.05) is 0 Å². The molecule has 2 aromatic rings. The van der Waals surface area contributed by atoms with E-state index in [1.54, 1.807) is 0 Å². The van der Waals surface area contributed by atoms with E-state index < -0.39 is 0 Å². The predicted molar refractivity (Wildman–Crippen MR) is 87.5 cm³/mol. The Kier molecular flexibility index (Phi) is 5.11. The van der Waals surface area contributed by atoms with Crippen molar-refractivity contribution in [3.8, 4) is 0 Å². The van der Waals surface area contributed by atoms with Crippen LogP contribution in [0.2, 0.25) is 0 Å². The van der Waals surface area contributed by atoms with Gasteiger partial charge in [-0.05, 0) is 67.2 Å². The monoisotopic (exact) mass is 265 g/mol. The Morgan fingerprint density at radius 1 is 1.05 bits per heavy atom. The van der Waals surface area contributed by atoms with E-state index in [2.05, 4.69) is 56.1 Å². The van der Waals surface area contributed by atoms with Crippen LogP contribution in [0, 0.1) is 13.8 Å². The Labute approximate surface area is 122 Å². The number of nitrogens with zero attached hydrogens (tertiary/aromatic N) is 1. The van der Waals surface area contributed by atoms with Crippen molar-refractivity contribution in [3.05, 3.63) is 65.0 Å². The molecule has 1 heterocycles. The Morgan fingerprint density at radius 2 is 1.80 bits per heavy atom. The van der Waals surface area contributed by atoms with Gasteiger partial charge in [-0.15, -0.1) is 0 Å². The fourth-order valence-electron chi connectivity index (χ4n) is 2.60. The maximum Gasteiger partial charge on any atom is 0.0632 e. The molecule has 1 heteroatoms. The lowest BCUT2D eigenvalue weighted by Crippen LogP contribution is -1.94. The van der Waals surface area contributed by atoms with E-state index in [0.717, 1.165) is 12.1 Å². The largest absolute Gasteiger partial charge is 0.257 e. The summed E-state index contributed by atoms with van der Waals surface area (Å²) >= 11 is 0. The van der Waals surface area contributed by atoms with Crippen LogP contribution in [0.1, 0.15) is 48.6 Å². The van der Waals surface area contributed by atoms with Gasteiger partial charge in [0.2, 0.25) is 0 Å². The first-order chi connectivity index (χ1) is 9.72. The Balaban J connectivity index is 2.45. The lowest BCUT2D eigenvalue weighted by atomic mass is 9.91. The van der Waals surface area contributed by atoms with Gasteiger partial charge in [0, 0.05) is 6.20 Å². The molecule has 0 saturated heterocycles. The van der Waals surface area contributed by atoms with Crippen molar-refractivity contribution in [1.82, 2.24) is 4.98 Å².